The molecule has 0 spiro atoms. The van der Waals surface area contributed by atoms with E-state index in [1.807, 2.05) is 0 Å². The Hall–Kier alpha value is -0.0800. The van der Waals surface area contributed by atoms with Gasteiger partial charge in [-0.3, -0.25) is 0 Å². The second-order valence-corrected chi connectivity index (χ2v) is 5.53. The Balaban J connectivity index is 2.25. The van der Waals surface area contributed by atoms with Gasteiger partial charge in [0.05, 0.1) is 0 Å². The Morgan fingerprint density at radius 1 is 1.25 bits per heavy atom. The van der Waals surface area contributed by atoms with Gasteiger partial charge in [-0.15, -0.1) is 0 Å². The van der Waals surface area contributed by atoms with Crippen LogP contribution in [0.4, 0.5) is 0 Å². The van der Waals surface area contributed by atoms with E-state index in [9.17, 15) is 0 Å². The summed E-state index contributed by atoms with van der Waals surface area (Å²) in [5, 5.41) is 3.42. The van der Waals surface area contributed by atoms with Gasteiger partial charge in [-0.25, -0.2) is 0 Å². The Bertz CT molecular complexity index is 162. The van der Waals surface area contributed by atoms with Gasteiger partial charge in [0.25, 0.3) is 0 Å². The average Bonchev–Trinajstić information content (AvgIpc) is 2.75. The lowest BCUT2D eigenvalue weighted by Crippen LogP contribution is -2.38. The van der Waals surface area contributed by atoms with Gasteiger partial charge in [-0.1, -0.05) is 33.6 Å². The van der Waals surface area contributed by atoms with Crippen LogP contribution in [-0.4, -0.2) is 37.1 Å². The second kappa shape index (κ2) is 8.08. The van der Waals surface area contributed by atoms with Crippen molar-refractivity contribution >= 4 is 0 Å². The summed E-state index contributed by atoms with van der Waals surface area (Å²) < 4.78 is 0. The molecule has 0 heterocycles. The van der Waals surface area contributed by atoms with E-state index in [1.165, 1.54) is 51.7 Å². The van der Waals surface area contributed by atoms with Crippen LogP contribution in [0, 0.1) is 5.92 Å². The predicted molar refractivity (Wildman–Crippen MR) is 71.8 cm³/mol. The number of hydrogen-bond donors (Lipinski definition) is 1. The van der Waals surface area contributed by atoms with Crippen LogP contribution in [0.3, 0.4) is 0 Å². The number of nitrogens with one attached hydrogen (secondary N) is 1. The lowest BCUT2D eigenvalue weighted by molar-refractivity contribution is 0.175. The highest BCUT2D eigenvalue weighted by molar-refractivity contribution is 4.78. The molecule has 1 aliphatic carbocycles. The molecule has 0 atom stereocenters. The Kier molecular flexibility index (Phi) is 7.06. The van der Waals surface area contributed by atoms with Gasteiger partial charge >= 0.3 is 0 Å². The van der Waals surface area contributed by atoms with Crippen molar-refractivity contribution in [1.29, 1.82) is 0 Å². The molecule has 1 aliphatic rings. The van der Waals surface area contributed by atoms with Gasteiger partial charge in [0.15, 0.2) is 0 Å². The minimum absolute atomic E-state index is 0.805. The molecule has 2 nitrogen and oxygen atoms in total. The van der Waals surface area contributed by atoms with E-state index in [2.05, 4.69) is 31.0 Å². The maximum atomic E-state index is 3.42. The van der Waals surface area contributed by atoms with E-state index in [-0.39, 0.29) is 0 Å². The smallest absolute Gasteiger partial charge is 0.00953 e. The Morgan fingerprint density at radius 3 is 2.50 bits per heavy atom. The third-order valence-corrected chi connectivity index (χ3v) is 3.49. The highest BCUT2D eigenvalue weighted by Gasteiger charge is 2.22. The van der Waals surface area contributed by atoms with Crippen LogP contribution in [-0.2, 0) is 0 Å². The molecule has 0 saturated heterocycles. The summed E-state index contributed by atoms with van der Waals surface area (Å²) in [5.74, 6) is 0.805. The van der Waals surface area contributed by atoms with Crippen molar-refractivity contribution in [3.63, 3.8) is 0 Å². The fraction of sp³-hybridized carbons (Fsp3) is 1.00. The van der Waals surface area contributed by atoms with Gasteiger partial charge in [0.1, 0.15) is 0 Å². The Morgan fingerprint density at radius 2 is 1.94 bits per heavy atom. The van der Waals surface area contributed by atoms with Crippen LogP contribution in [0.1, 0.15) is 52.9 Å². The molecule has 2 heteroatoms. The van der Waals surface area contributed by atoms with E-state index >= 15 is 0 Å². The summed E-state index contributed by atoms with van der Waals surface area (Å²) >= 11 is 0. The van der Waals surface area contributed by atoms with E-state index < -0.39 is 0 Å². The lowest BCUT2D eigenvalue weighted by atomic mass is 10.1. The largest absolute Gasteiger partial charge is 0.317 e. The van der Waals surface area contributed by atoms with E-state index in [0.29, 0.717) is 0 Å². The molecule has 0 bridgehead atoms. The van der Waals surface area contributed by atoms with Crippen molar-refractivity contribution in [1.82, 2.24) is 10.2 Å². The van der Waals surface area contributed by atoms with Crippen molar-refractivity contribution in [3.8, 4) is 0 Å². The minimum atomic E-state index is 0.805. The van der Waals surface area contributed by atoms with Crippen molar-refractivity contribution in [2.75, 3.05) is 26.2 Å². The first-order chi connectivity index (χ1) is 7.74. The van der Waals surface area contributed by atoms with Crippen molar-refractivity contribution in [2.24, 2.45) is 5.92 Å². The first-order valence-electron chi connectivity index (χ1n) is 7.18. The van der Waals surface area contributed by atoms with Gasteiger partial charge in [-0.2, -0.15) is 0 Å². The standard InChI is InChI=1S/C14H30N2/c1-4-15-10-7-11-16(12-13(2)3)14-8-5-6-9-14/h13-15H,4-12H2,1-3H3. The molecule has 1 fully saturated rings. The summed E-state index contributed by atoms with van der Waals surface area (Å²) in [6.45, 7) is 11.7. The number of hydrogen-bond acceptors (Lipinski definition) is 2. The van der Waals surface area contributed by atoms with Crippen LogP contribution in [0.15, 0.2) is 0 Å². The zero-order valence-electron chi connectivity index (χ0n) is 11.5. The molecule has 0 unspecified atom stereocenters. The molecule has 96 valence electrons. The summed E-state index contributed by atoms with van der Waals surface area (Å²) in [6.07, 6.45) is 7.08. The van der Waals surface area contributed by atoms with Gasteiger partial charge in [0.2, 0.25) is 0 Å². The molecule has 0 radical (unpaired) electrons. The van der Waals surface area contributed by atoms with Crippen LogP contribution in [0.2, 0.25) is 0 Å². The van der Waals surface area contributed by atoms with Crippen molar-refractivity contribution < 1.29 is 0 Å². The molecule has 0 aromatic carbocycles. The van der Waals surface area contributed by atoms with E-state index in [4.69, 9.17) is 0 Å². The fourth-order valence-electron chi connectivity index (χ4n) is 2.75. The minimum Gasteiger partial charge on any atom is -0.317 e. The quantitative estimate of drug-likeness (QED) is 0.640. The van der Waals surface area contributed by atoms with Gasteiger partial charge in [-0.05, 0) is 44.8 Å². The topological polar surface area (TPSA) is 15.3 Å². The first kappa shape index (κ1) is 14.0. The molecule has 0 aromatic heterocycles. The molecule has 16 heavy (non-hydrogen) atoms. The maximum Gasteiger partial charge on any atom is 0.00953 e. The SMILES string of the molecule is CCNCCCN(CC(C)C)C1CCCC1. The highest BCUT2D eigenvalue weighted by Crippen LogP contribution is 2.24. The van der Waals surface area contributed by atoms with Gasteiger partial charge < -0.3 is 10.2 Å². The Labute approximate surface area is 102 Å². The zero-order chi connectivity index (χ0) is 11.8. The summed E-state index contributed by atoms with van der Waals surface area (Å²) in [7, 11) is 0. The third-order valence-electron chi connectivity index (χ3n) is 3.49. The van der Waals surface area contributed by atoms with E-state index in [1.54, 1.807) is 0 Å². The summed E-state index contributed by atoms with van der Waals surface area (Å²) in [4.78, 5) is 2.75. The van der Waals surface area contributed by atoms with Crippen LogP contribution in [0.25, 0.3) is 0 Å². The second-order valence-electron chi connectivity index (χ2n) is 5.53. The molecule has 1 rings (SSSR count). The molecule has 1 N–H and O–H groups in total. The monoisotopic (exact) mass is 226 g/mol. The lowest BCUT2D eigenvalue weighted by Gasteiger charge is -2.30. The summed E-state index contributed by atoms with van der Waals surface area (Å²) in [6, 6.07) is 0.893. The molecular weight excluding hydrogens is 196 g/mol. The van der Waals surface area contributed by atoms with Crippen molar-refractivity contribution in [2.45, 2.75) is 58.9 Å². The normalized spacial score (nSPS) is 17.8. The third kappa shape index (κ3) is 5.31. The number of rotatable bonds is 8. The maximum absolute atomic E-state index is 3.42. The molecule has 1 saturated carbocycles. The molecule has 0 aliphatic heterocycles. The zero-order valence-corrected chi connectivity index (χ0v) is 11.5. The fourth-order valence-corrected chi connectivity index (χ4v) is 2.75. The van der Waals surface area contributed by atoms with Crippen molar-refractivity contribution in [3.05, 3.63) is 0 Å². The molecule has 0 amide bonds. The van der Waals surface area contributed by atoms with Crippen LogP contribution in [0.5, 0.6) is 0 Å². The average molecular weight is 226 g/mol. The van der Waals surface area contributed by atoms with Crippen LogP contribution >= 0.6 is 0 Å². The van der Waals surface area contributed by atoms with Gasteiger partial charge in [0, 0.05) is 12.6 Å². The molecular formula is C14H30N2. The predicted octanol–water partition coefficient (Wildman–Crippen LogP) is 2.89. The highest BCUT2D eigenvalue weighted by atomic mass is 15.2. The van der Waals surface area contributed by atoms with E-state index in [0.717, 1.165) is 18.5 Å². The first-order valence-corrected chi connectivity index (χ1v) is 7.18. The molecule has 0 aromatic rings. The van der Waals surface area contributed by atoms with Crippen LogP contribution < -0.4 is 5.32 Å². The summed E-state index contributed by atoms with van der Waals surface area (Å²) in [5.41, 5.74) is 0. The number of nitrogens with zero attached hydrogens (tertiary/aromatic N) is 1.